The number of fused-ring (bicyclic) bond motifs is 1. The smallest absolute Gasteiger partial charge is 0.130 e. The van der Waals surface area contributed by atoms with Crippen molar-refractivity contribution < 1.29 is 4.74 Å². The van der Waals surface area contributed by atoms with Crippen molar-refractivity contribution in [3.63, 3.8) is 0 Å². The zero-order chi connectivity index (χ0) is 14.9. The summed E-state index contributed by atoms with van der Waals surface area (Å²) in [5, 5.41) is 4.40. The van der Waals surface area contributed by atoms with Crippen LogP contribution in [0.15, 0.2) is 22.7 Å². The molecule has 0 atom stereocenters. The molecule has 108 valence electrons. The number of hydrogen-bond acceptors (Lipinski definition) is 3. The molecule has 1 heterocycles. The van der Waals surface area contributed by atoms with Gasteiger partial charge in [0.15, 0.2) is 0 Å². The van der Waals surface area contributed by atoms with Crippen molar-refractivity contribution in [1.82, 2.24) is 4.98 Å². The van der Waals surface area contributed by atoms with E-state index in [1.54, 1.807) is 7.11 Å². The van der Waals surface area contributed by atoms with E-state index in [0.717, 1.165) is 33.5 Å². The second-order valence-corrected chi connectivity index (χ2v) is 6.67. The predicted molar refractivity (Wildman–Crippen MR) is 88.9 cm³/mol. The van der Waals surface area contributed by atoms with Crippen LogP contribution in [-0.2, 0) is 5.41 Å². The second kappa shape index (κ2) is 5.60. The molecule has 0 saturated heterocycles. The van der Waals surface area contributed by atoms with E-state index < -0.39 is 0 Å². The first-order valence-corrected chi connectivity index (χ1v) is 7.59. The van der Waals surface area contributed by atoms with Crippen LogP contribution in [0.25, 0.3) is 10.9 Å². The molecular formula is C16H21BrN2O. The van der Waals surface area contributed by atoms with Gasteiger partial charge in [-0.15, -0.1) is 0 Å². The molecule has 0 fully saturated rings. The van der Waals surface area contributed by atoms with E-state index in [1.807, 2.05) is 12.1 Å². The van der Waals surface area contributed by atoms with E-state index in [9.17, 15) is 0 Å². The van der Waals surface area contributed by atoms with Gasteiger partial charge in [-0.25, -0.2) is 4.98 Å². The summed E-state index contributed by atoms with van der Waals surface area (Å²) in [5.41, 5.74) is 2.14. The molecule has 1 N–H and O–H groups in total. The van der Waals surface area contributed by atoms with Gasteiger partial charge in [-0.1, -0.05) is 20.8 Å². The number of pyridine rings is 1. The summed E-state index contributed by atoms with van der Waals surface area (Å²) in [6.45, 7) is 9.52. The Morgan fingerprint density at radius 1 is 1.30 bits per heavy atom. The number of benzene rings is 1. The lowest BCUT2D eigenvalue weighted by Gasteiger charge is -2.23. The third-order valence-corrected chi connectivity index (χ3v) is 3.91. The van der Waals surface area contributed by atoms with Gasteiger partial charge in [0.05, 0.1) is 12.6 Å². The summed E-state index contributed by atoms with van der Waals surface area (Å²) in [5.74, 6) is 1.80. The van der Waals surface area contributed by atoms with Crippen LogP contribution in [0.1, 0.15) is 33.3 Å². The SMILES string of the molecule is CCNc1nc2c(Br)ccc(OC)c2cc1C(C)(C)C. The maximum absolute atomic E-state index is 5.47. The normalized spacial score (nSPS) is 11.7. The van der Waals surface area contributed by atoms with E-state index in [4.69, 9.17) is 9.72 Å². The quantitative estimate of drug-likeness (QED) is 0.879. The summed E-state index contributed by atoms with van der Waals surface area (Å²) in [6.07, 6.45) is 0. The first-order chi connectivity index (χ1) is 9.38. The van der Waals surface area contributed by atoms with Gasteiger partial charge in [-0.05, 0) is 46.5 Å². The lowest BCUT2D eigenvalue weighted by molar-refractivity contribution is 0.419. The van der Waals surface area contributed by atoms with E-state index in [0.29, 0.717) is 0 Å². The first-order valence-electron chi connectivity index (χ1n) is 6.80. The van der Waals surface area contributed by atoms with E-state index >= 15 is 0 Å². The monoisotopic (exact) mass is 336 g/mol. The maximum Gasteiger partial charge on any atom is 0.130 e. The number of aromatic nitrogens is 1. The van der Waals surface area contributed by atoms with Crippen molar-refractivity contribution in [2.75, 3.05) is 19.0 Å². The fourth-order valence-corrected chi connectivity index (χ4v) is 2.69. The number of hydrogen-bond donors (Lipinski definition) is 1. The molecular weight excluding hydrogens is 316 g/mol. The van der Waals surface area contributed by atoms with Crippen LogP contribution in [0.2, 0.25) is 0 Å². The fourth-order valence-electron chi connectivity index (χ4n) is 2.25. The number of methoxy groups -OCH3 is 1. The Bertz CT molecular complexity index is 632. The molecule has 2 aromatic rings. The zero-order valence-electron chi connectivity index (χ0n) is 12.7. The number of ether oxygens (including phenoxy) is 1. The summed E-state index contributed by atoms with van der Waals surface area (Å²) < 4.78 is 6.45. The minimum absolute atomic E-state index is 0.0199. The molecule has 0 spiro atoms. The topological polar surface area (TPSA) is 34.2 Å². The molecule has 0 aliphatic rings. The summed E-state index contributed by atoms with van der Waals surface area (Å²) in [7, 11) is 1.69. The molecule has 20 heavy (non-hydrogen) atoms. The Morgan fingerprint density at radius 2 is 2.00 bits per heavy atom. The molecule has 4 heteroatoms. The van der Waals surface area contributed by atoms with Crippen LogP contribution in [0, 0.1) is 0 Å². The highest BCUT2D eigenvalue weighted by Crippen LogP contribution is 2.37. The minimum atomic E-state index is 0.0199. The molecule has 2 rings (SSSR count). The number of rotatable bonds is 3. The van der Waals surface area contributed by atoms with Crippen molar-refractivity contribution in [1.29, 1.82) is 0 Å². The first kappa shape index (κ1) is 15.1. The van der Waals surface area contributed by atoms with Gasteiger partial charge >= 0.3 is 0 Å². The second-order valence-electron chi connectivity index (χ2n) is 5.81. The van der Waals surface area contributed by atoms with Crippen molar-refractivity contribution >= 4 is 32.7 Å². The molecule has 0 unspecified atom stereocenters. The Balaban J connectivity index is 2.81. The Labute approximate surface area is 128 Å². The van der Waals surface area contributed by atoms with Gasteiger partial charge < -0.3 is 10.1 Å². The van der Waals surface area contributed by atoms with Crippen molar-refractivity contribution in [2.24, 2.45) is 0 Å². The summed E-state index contributed by atoms with van der Waals surface area (Å²) in [6, 6.07) is 6.12. The van der Waals surface area contributed by atoms with Crippen LogP contribution in [0.5, 0.6) is 5.75 Å². The fraction of sp³-hybridized carbons (Fsp3) is 0.438. The third-order valence-electron chi connectivity index (χ3n) is 3.27. The van der Waals surface area contributed by atoms with Crippen molar-refractivity contribution in [2.45, 2.75) is 33.1 Å². The Kier molecular flexibility index (Phi) is 4.23. The minimum Gasteiger partial charge on any atom is -0.496 e. The van der Waals surface area contributed by atoms with Crippen LogP contribution in [0.4, 0.5) is 5.82 Å². The van der Waals surface area contributed by atoms with Crippen LogP contribution in [0.3, 0.4) is 0 Å². The molecule has 0 aliphatic heterocycles. The molecule has 1 aromatic heterocycles. The molecule has 0 radical (unpaired) electrons. The average Bonchev–Trinajstić information content (AvgIpc) is 2.38. The summed E-state index contributed by atoms with van der Waals surface area (Å²) >= 11 is 3.57. The highest BCUT2D eigenvalue weighted by molar-refractivity contribution is 9.10. The predicted octanol–water partition coefficient (Wildman–Crippen LogP) is 4.74. The highest BCUT2D eigenvalue weighted by atomic mass is 79.9. The van der Waals surface area contributed by atoms with Gasteiger partial charge in [-0.2, -0.15) is 0 Å². The van der Waals surface area contributed by atoms with Gasteiger partial charge in [-0.3, -0.25) is 0 Å². The third kappa shape index (κ3) is 2.75. The average molecular weight is 337 g/mol. The maximum atomic E-state index is 5.47. The van der Waals surface area contributed by atoms with Gasteiger partial charge in [0.25, 0.3) is 0 Å². The molecule has 1 aromatic carbocycles. The lowest BCUT2D eigenvalue weighted by atomic mass is 9.86. The molecule has 0 aliphatic carbocycles. The number of nitrogens with zero attached hydrogens (tertiary/aromatic N) is 1. The van der Waals surface area contributed by atoms with Gasteiger partial charge in [0, 0.05) is 22.0 Å². The Morgan fingerprint density at radius 3 is 2.55 bits per heavy atom. The molecule has 3 nitrogen and oxygen atoms in total. The summed E-state index contributed by atoms with van der Waals surface area (Å²) in [4.78, 5) is 4.80. The zero-order valence-corrected chi connectivity index (χ0v) is 14.3. The molecule has 0 bridgehead atoms. The number of halogens is 1. The number of anilines is 1. The molecule has 0 saturated carbocycles. The van der Waals surface area contributed by atoms with Crippen molar-refractivity contribution in [3.8, 4) is 5.75 Å². The Hall–Kier alpha value is -1.29. The van der Waals surface area contributed by atoms with E-state index in [2.05, 4.69) is 55.0 Å². The van der Waals surface area contributed by atoms with E-state index in [-0.39, 0.29) is 5.41 Å². The van der Waals surface area contributed by atoms with Crippen molar-refractivity contribution in [3.05, 3.63) is 28.2 Å². The lowest BCUT2D eigenvalue weighted by Crippen LogP contribution is -2.16. The van der Waals surface area contributed by atoms with Crippen LogP contribution >= 0.6 is 15.9 Å². The highest BCUT2D eigenvalue weighted by Gasteiger charge is 2.21. The standard InChI is InChI=1S/C16H21BrN2O/c1-6-18-15-11(16(2,3)4)9-10-13(20-5)8-7-12(17)14(10)19-15/h7-9H,6H2,1-5H3,(H,18,19). The van der Waals surface area contributed by atoms with Crippen LogP contribution in [-0.4, -0.2) is 18.6 Å². The van der Waals surface area contributed by atoms with E-state index in [1.165, 1.54) is 5.56 Å². The molecule has 0 amide bonds. The van der Waals surface area contributed by atoms with Gasteiger partial charge in [0.1, 0.15) is 11.6 Å². The largest absolute Gasteiger partial charge is 0.496 e. The number of nitrogens with one attached hydrogen (secondary N) is 1. The van der Waals surface area contributed by atoms with Gasteiger partial charge in [0.2, 0.25) is 0 Å². The van der Waals surface area contributed by atoms with Crippen LogP contribution < -0.4 is 10.1 Å².